The summed E-state index contributed by atoms with van der Waals surface area (Å²) in [5.74, 6) is 1.97. The first-order valence-electron chi connectivity index (χ1n) is 5.79. The second-order valence-corrected chi connectivity index (χ2v) is 5.51. The molecule has 0 unspecified atom stereocenters. The van der Waals surface area contributed by atoms with Crippen molar-refractivity contribution in [3.63, 3.8) is 0 Å². The zero-order chi connectivity index (χ0) is 12.8. The van der Waals surface area contributed by atoms with Crippen LogP contribution < -0.4 is 4.74 Å². The molecular formula is C15H15ClOS. The Hall–Kier alpha value is -1.12. The summed E-state index contributed by atoms with van der Waals surface area (Å²) >= 11 is 7.69. The standard InChI is InChI=1S/C15H15ClOS/c1-17-14-6-2-12(3-7-14)10-11-18-15-8-4-13(16)5-9-15/h2-9H,10-11H2,1H3. The summed E-state index contributed by atoms with van der Waals surface area (Å²) in [5, 5.41) is 0.787. The monoisotopic (exact) mass is 278 g/mol. The average Bonchev–Trinajstić information content (AvgIpc) is 2.42. The molecule has 0 atom stereocenters. The molecule has 0 bridgehead atoms. The lowest BCUT2D eigenvalue weighted by molar-refractivity contribution is 0.414. The van der Waals surface area contributed by atoms with Crippen molar-refractivity contribution in [1.29, 1.82) is 0 Å². The third-order valence-corrected chi connectivity index (χ3v) is 3.90. The van der Waals surface area contributed by atoms with Gasteiger partial charge in [-0.15, -0.1) is 11.8 Å². The van der Waals surface area contributed by atoms with Gasteiger partial charge in [0, 0.05) is 15.7 Å². The molecule has 0 N–H and O–H groups in total. The lowest BCUT2D eigenvalue weighted by atomic mass is 10.2. The maximum Gasteiger partial charge on any atom is 0.118 e. The van der Waals surface area contributed by atoms with Crippen molar-refractivity contribution in [3.8, 4) is 5.75 Å². The predicted molar refractivity (Wildman–Crippen MR) is 78.9 cm³/mol. The zero-order valence-electron chi connectivity index (χ0n) is 10.2. The van der Waals surface area contributed by atoms with Crippen LogP contribution in [0.4, 0.5) is 0 Å². The van der Waals surface area contributed by atoms with Crippen LogP contribution in [0.25, 0.3) is 0 Å². The molecule has 3 heteroatoms. The van der Waals surface area contributed by atoms with E-state index in [0.717, 1.165) is 22.9 Å². The van der Waals surface area contributed by atoms with Crippen LogP contribution in [0.2, 0.25) is 5.02 Å². The molecule has 0 fully saturated rings. The largest absolute Gasteiger partial charge is 0.497 e. The Kier molecular flexibility index (Phi) is 4.97. The highest BCUT2D eigenvalue weighted by Gasteiger charge is 1.97. The molecule has 0 amide bonds. The Labute approximate surface area is 117 Å². The maximum atomic E-state index is 5.85. The van der Waals surface area contributed by atoms with E-state index in [1.54, 1.807) is 7.11 Å². The molecule has 1 nitrogen and oxygen atoms in total. The molecule has 0 saturated carbocycles. The van der Waals surface area contributed by atoms with Crippen molar-refractivity contribution in [2.75, 3.05) is 12.9 Å². The van der Waals surface area contributed by atoms with E-state index >= 15 is 0 Å². The van der Waals surface area contributed by atoms with E-state index in [9.17, 15) is 0 Å². The molecule has 18 heavy (non-hydrogen) atoms. The summed E-state index contributed by atoms with van der Waals surface area (Å²) in [5.41, 5.74) is 1.33. The highest BCUT2D eigenvalue weighted by atomic mass is 35.5. The molecule has 2 rings (SSSR count). The number of hydrogen-bond acceptors (Lipinski definition) is 2. The Bertz CT molecular complexity index is 479. The summed E-state index contributed by atoms with van der Waals surface area (Å²) in [7, 11) is 1.69. The van der Waals surface area contributed by atoms with Crippen LogP contribution in [-0.2, 0) is 6.42 Å². The fourth-order valence-electron chi connectivity index (χ4n) is 1.61. The van der Waals surface area contributed by atoms with Crippen molar-refractivity contribution >= 4 is 23.4 Å². The first kappa shape index (κ1) is 13.3. The van der Waals surface area contributed by atoms with E-state index < -0.39 is 0 Å². The van der Waals surface area contributed by atoms with Gasteiger partial charge in [-0.05, 0) is 48.4 Å². The molecule has 0 radical (unpaired) electrons. The number of halogens is 1. The minimum Gasteiger partial charge on any atom is -0.497 e. The predicted octanol–water partition coefficient (Wildman–Crippen LogP) is 4.68. The van der Waals surface area contributed by atoms with Crippen LogP contribution in [0, 0.1) is 0 Å². The lowest BCUT2D eigenvalue weighted by Gasteiger charge is -2.04. The molecular weight excluding hydrogens is 264 g/mol. The molecule has 0 aliphatic carbocycles. The number of ether oxygens (including phenoxy) is 1. The highest BCUT2D eigenvalue weighted by molar-refractivity contribution is 7.99. The molecule has 0 heterocycles. The fraction of sp³-hybridized carbons (Fsp3) is 0.200. The molecule has 2 aromatic rings. The van der Waals surface area contributed by atoms with Crippen LogP contribution in [0.15, 0.2) is 53.4 Å². The van der Waals surface area contributed by atoms with Gasteiger partial charge < -0.3 is 4.74 Å². The van der Waals surface area contributed by atoms with E-state index in [1.807, 2.05) is 36.0 Å². The van der Waals surface area contributed by atoms with Crippen LogP contribution in [0.3, 0.4) is 0 Å². The molecule has 0 aliphatic rings. The van der Waals surface area contributed by atoms with E-state index in [1.165, 1.54) is 10.5 Å². The van der Waals surface area contributed by atoms with Crippen LogP contribution in [0.1, 0.15) is 5.56 Å². The van der Waals surface area contributed by atoms with Crippen molar-refractivity contribution in [3.05, 3.63) is 59.1 Å². The number of benzene rings is 2. The topological polar surface area (TPSA) is 9.23 Å². The zero-order valence-corrected chi connectivity index (χ0v) is 11.8. The van der Waals surface area contributed by atoms with E-state index in [4.69, 9.17) is 16.3 Å². The SMILES string of the molecule is COc1ccc(CCSc2ccc(Cl)cc2)cc1. The molecule has 2 aromatic carbocycles. The number of hydrogen-bond donors (Lipinski definition) is 0. The smallest absolute Gasteiger partial charge is 0.118 e. The Morgan fingerprint density at radius 3 is 2.28 bits per heavy atom. The third kappa shape index (κ3) is 3.97. The first-order valence-corrected chi connectivity index (χ1v) is 7.15. The average molecular weight is 279 g/mol. The van der Waals surface area contributed by atoms with Gasteiger partial charge in [-0.3, -0.25) is 0 Å². The second kappa shape index (κ2) is 6.72. The molecule has 0 saturated heterocycles. The van der Waals surface area contributed by atoms with E-state index in [-0.39, 0.29) is 0 Å². The summed E-state index contributed by atoms with van der Waals surface area (Å²) in [4.78, 5) is 1.26. The number of methoxy groups -OCH3 is 1. The van der Waals surface area contributed by atoms with Crippen LogP contribution in [-0.4, -0.2) is 12.9 Å². The maximum absolute atomic E-state index is 5.85. The summed E-state index contributed by atoms with van der Waals surface area (Å²) in [6.07, 6.45) is 1.05. The van der Waals surface area contributed by atoms with Gasteiger partial charge >= 0.3 is 0 Å². The minimum absolute atomic E-state index is 0.787. The highest BCUT2D eigenvalue weighted by Crippen LogP contribution is 2.21. The lowest BCUT2D eigenvalue weighted by Crippen LogP contribution is -1.89. The fourth-order valence-corrected chi connectivity index (χ4v) is 2.64. The number of thioether (sulfide) groups is 1. The van der Waals surface area contributed by atoms with Crippen molar-refractivity contribution in [1.82, 2.24) is 0 Å². The molecule has 0 aromatic heterocycles. The van der Waals surface area contributed by atoms with Crippen molar-refractivity contribution in [2.24, 2.45) is 0 Å². The minimum atomic E-state index is 0.787. The normalized spacial score (nSPS) is 10.3. The quantitative estimate of drug-likeness (QED) is 0.734. The van der Waals surface area contributed by atoms with E-state index in [2.05, 4.69) is 24.3 Å². The van der Waals surface area contributed by atoms with Gasteiger partial charge in [0.2, 0.25) is 0 Å². The second-order valence-electron chi connectivity index (χ2n) is 3.90. The van der Waals surface area contributed by atoms with Gasteiger partial charge in [-0.2, -0.15) is 0 Å². The van der Waals surface area contributed by atoms with Gasteiger partial charge in [0.1, 0.15) is 5.75 Å². The Morgan fingerprint density at radius 1 is 1.00 bits per heavy atom. The summed E-state index contributed by atoms with van der Waals surface area (Å²) in [6, 6.07) is 16.2. The van der Waals surface area contributed by atoms with Gasteiger partial charge in [0.25, 0.3) is 0 Å². The molecule has 0 aliphatic heterocycles. The Balaban J connectivity index is 1.82. The third-order valence-electron chi connectivity index (χ3n) is 2.63. The summed E-state index contributed by atoms with van der Waals surface area (Å²) < 4.78 is 5.14. The van der Waals surface area contributed by atoms with Crippen LogP contribution in [0.5, 0.6) is 5.75 Å². The van der Waals surface area contributed by atoms with Crippen LogP contribution >= 0.6 is 23.4 Å². The Morgan fingerprint density at radius 2 is 1.67 bits per heavy atom. The number of aryl methyl sites for hydroxylation is 1. The van der Waals surface area contributed by atoms with Gasteiger partial charge in [0.15, 0.2) is 0 Å². The number of rotatable bonds is 5. The van der Waals surface area contributed by atoms with Gasteiger partial charge in [0.05, 0.1) is 7.11 Å². The first-order chi connectivity index (χ1) is 8.78. The summed E-state index contributed by atoms with van der Waals surface area (Å²) in [6.45, 7) is 0. The molecule has 94 valence electrons. The van der Waals surface area contributed by atoms with Gasteiger partial charge in [-0.1, -0.05) is 23.7 Å². The molecule has 0 spiro atoms. The van der Waals surface area contributed by atoms with Gasteiger partial charge in [-0.25, -0.2) is 0 Å². The van der Waals surface area contributed by atoms with Crippen molar-refractivity contribution in [2.45, 2.75) is 11.3 Å². The van der Waals surface area contributed by atoms with Crippen molar-refractivity contribution < 1.29 is 4.74 Å². The van der Waals surface area contributed by atoms with E-state index in [0.29, 0.717) is 0 Å².